The molecule has 1 unspecified atom stereocenters. The van der Waals surface area contributed by atoms with Gasteiger partial charge in [-0.1, -0.05) is 25.7 Å². The summed E-state index contributed by atoms with van der Waals surface area (Å²) < 4.78 is 0. The monoisotopic (exact) mass is 277 g/mol. The highest BCUT2D eigenvalue weighted by Crippen LogP contribution is 2.55. The van der Waals surface area contributed by atoms with Crippen molar-refractivity contribution in [2.75, 3.05) is 6.54 Å². The van der Waals surface area contributed by atoms with Crippen molar-refractivity contribution in [3.05, 3.63) is 0 Å². The molecule has 5 saturated carbocycles. The molecule has 5 aliphatic rings. The molecule has 0 saturated heterocycles. The molecule has 0 aliphatic heterocycles. The van der Waals surface area contributed by atoms with Crippen molar-refractivity contribution in [2.24, 2.45) is 23.7 Å². The summed E-state index contributed by atoms with van der Waals surface area (Å²) in [6, 6.07) is 0. The first kappa shape index (κ1) is 13.6. The molecule has 5 rings (SSSR count). The molecule has 0 aromatic rings. The average molecular weight is 277 g/mol. The number of hydrogen-bond acceptors (Lipinski definition) is 2. The Hall–Kier alpha value is -0.0800. The van der Waals surface area contributed by atoms with Crippen LogP contribution in [0.25, 0.3) is 0 Å². The molecule has 1 atom stereocenters. The molecule has 2 heteroatoms. The van der Waals surface area contributed by atoms with Gasteiger partial charge in [-0.05, 0) is 68.6 Å². The standard InChI is InChI=1S/C18H31NO/c20-17(8-13-3-1-2-4-13)12-19-18-9-14-5-15(10-18)7-16(6-14)11-18/h13-17,19-20H,1-12H2. The highest BCUT2D eigenvalue weighted by atomic mass is 16.3. The van der Waals surface area contributed by atoms with E-state index in [9.17, 15) is 5.11 Å². The second-order valence-electron chi connectivity index (χ2n) is 8.62. The van der Waals surface area contributed by atoms with E-state index in [1.54, 1.807) is 0 Å². The van der Waals surface area contributed by atoms with E-state index in [1.807, 2.05) is 0 Å². The van der Waals surface area contributed by atoms with Gasteiger partial charge in [-0.15, -0.1) is 0 Å². The molecular formula is C18H31NO. The van der Waals surface area contributed by atoms with Crippen LogP contribution in [-0.2, 0) is 0 Å². The second-order valence-corrected chi connectivity index (χ2v) is 8.62. The largest absolute Gasteiger partial charge is 0.392 e. The predicted molar refractivity (Wildman–Crippen MR) is 81.5 cm³/mol. The van der Waals surface area contributed by atoms with Crippen molar-refractivity contribution < 1.29 is 5.11 Å². The fourth-order valence-corrected chi connectivity index (χ4v) is 6.38. The van der Waals surface area contributed by atoms with Crippen LogP contribution in [0.2, 0.25) is 0 Å². The third kappa shape index (κ3) is 2.66. The smallest absolute Gasteiger partial charge is 0.0667 e. The average Bonchev–Trinajstić information content (AvgIpc) is 2.88. The van der Waals surface area contributed by atoms with E-state index in [4.69, 9.17) is 0 Å². The molecule has 114 valence electrons. The zero-order chi connectivity index (χ0) is 13.6. The molecule has 0 radical (unpaired) electrons. The summed E-state index contributed by atoms with van der Waals surface area (Å²) >= 11 is 0. The Labute approximate surface area is 123 Å². The van der Waals surface area contributed by atoms with Crippen LogP contribution in [0.3, 0.4) is 0 Å². The van der Waals surface area contributed by atoms with E-state index in [-0.39, 0.29) is 6.10 Å². The van der Waals surface area contributed by atoms with Gasteiger partial charge in [-0.2, -0.15) is 0 Å². The quantitative estimate of drug-likeness (QED) is 0.806. The number of aliphatic hydroxyl groups excluding tert-OH is 1. The van der Waals surface area contributed by atoms with Gasteiger partial charge >= 0.3 is 0 Å². The first-order valence-corrected chi connectivity index (χ1v) is 9.14. The lowest BCUT2D eigenvalue weighted by molar-refractivity contribution is -0.0256. The molecule has 2 nitrogen and oxygen atoms in total. The van der Waals surface area contributed by atoms with E-state index in [0.29, 0.717) is 5.54 Å². The Morgan fingerprint density at radius 3 is 2.05 bits per heavy atom. The number of aliphatic hydroxyl groups is 1. The summed E-state index contributed by atoms with van der Waals surface area (Å²) in [6.07, 6.45) is 15.1. The molecule has 2 N–H and O–H groups in total. The van der Waals surface area contributed by atoms with E-state index in [0.717, 1.165) is 36.6 Å². The first-order chi connectivity index (χ1) is 9.71. The zero-order valence-corrected chi connectivity index (χ0v) is 12.8. The summed E-state index contributed by atoms with van der Waals surface area (Å²) in [5.74, 6) is 3.81. The Kier molecular flexibility index (Phi) is 3.58. The molecule has 4 bridgehead atoms. The number of rotatable bonds is 5. The lowest BCUT2D eigenvalue weighted by Crippen LogP contribution is -2.59. The molecule has 0 heterocycles. The van der Waals surface area contributed by atoms with Crippen molar-refractivity contribution >= 4 is 0 Å². The number of β-amino-alcohol motifs (C(OH)–C–C–N with tert-alkyl or cyclic N) is 1. The topological polar surface area (TPSA) is 32.3 Å². The van der Waals surface area contributed by atoms with Gasteiger partial charge in [0.05, 0.1) is 6.10 Å². The van der Waals surface area contributed by atoms with Crippen molar-refractivity contribution in [1.29, 1.82) is 0 Å². The summed E-state index contributed by atoms with van der Waals surface area (Å²) in [6.45, 7) is 0.850. The second kappa shape index (κ2) is 5.28. The summed E-state index contributed by atoms with van der Waals surface area (Å²) in [5.41, 5.74) is 0.422. The van der Waals surface area contributed by atoms with Gasteiger partial charge in [0.1, 0.15) is 0 Å². The van der Waals surface area contributed by atoms with E-state index in [1.165, 1.54) is 64.2 Å². The molecule has 20 heavy (non-hydrogen) atoms. The van der Waals surface area contributed by atoms with Crippen LogP contribution in [0.5, 0.6) is 0 Å². The van der Waals surface area contributed by atoms with Crippen molar-refractivity contribution in [3.63, 3.8) is 0 Å². The van der Waals surface area contributed by atoms with Gasteiger partial charge in [0.25, 0.3) is 0 Å². The van der Waals surface area contributed by atoms with E-state index < -0.39 is 0 Å². The fourth-order valence-electron chi connectivity index (χ4n) is 6.38. The van der Waals surface area contributed by atoms with Crippen LogP contribution in [0, 0.1) is 23.7 Å². The minimum absolute atomic E-state index is 0.105. The number of hydrogen-bond donors (Lipinski definition) is 2. The Morgan fingerprint density at radius 2 is 1.50 bits per heavy atom. The lowest BCUT2D eigenvalue weighted by Gasteiger charge is -2.57. The van der Waals surface area contributed by atoms with Crippen LogP contribution < -0.4 is 5.32 Å². The van der Waals surface area contributed by atoms with Crippen molar-refractivity contribution in [3.8, 4) is 0 Å². The minimum atomic E-state index is -0.105. The van der Waals surface area contributed by atoms with Gasteiger partial charge in [-0.3, -0.25) is 0 Å². The third-order valence-electron chi connectivity index (χ3n) is 6.83. The third-order valence-corrected chi connectivity index (χ3v) is 6.83. The molecule has 5 fully saturated rings. The molecule has 0 spiro atoms. The van der Waals surface area contributed by atoms with Gasteiger partial charge in [0.2, 0.25) is 0 Å². The molecule has 5 aliphatic carbocycles. The van der Waals surface area contributed by atoms with Crippen LogP contribution in [0.1, 0.15) is 70.6 Å². The van der Waals surface area contributed by atoms with Crippen LogP contribution in [0.15, 0.2) is 0 Å². The molecule has 0 aromatic heterocycles. The summed E-state index contributed by atoms with van der Waals surface area (Å²) in [7, 11) is 0. The van der Waals surface area contributed by atoms with E-state index >= 15 is 0 Å². The predicted octanol–water partition coefficient (Wildman–Crippen LogP) is 3.49. The van der Waals surface area contributed by atoms with Crippen LogP contribution in [0.4, 0.5) is 0 Å². The molecule has 0 aromatic carbocycles. The fraction of sp³-hybridized carbons (Fsp3) is 1.00. The zero-order valence-electron chi connectivity index (χ0n) is 12.8. The minimum Gasteiger partial charge on any atom is -0.392 e. The van der Waals surface area contributed by atoms with Crippen LogP contribution >= 0.6 is 0 Å². The first-order valence-electron chi connectivity index (χ1n) is 9.14. The van der Waals surface area contributed by atoms with E-state index in [2.05, 4.69) is 5.32 Å². The van der Waals surface area contributed by atoms with Crippen LogP contribution in [-0.4, -0.2) is 23.3 Å². The summed E-state index contributed by atoms with van der Waals surface area (Å²) in [5, 5.41) is 14.2. The highest BCUT2D eigenvalue weighted by molar-refractivity contribution is 5.06. The maximum atomic E-state index is 10.3. The lowest BCUT2D eigenvalue weighted by atomic mass is 9.53. The summed E-state index contributed by atoms with van der Waals surface area (Å²) in [4.78, 5) is 0. The Bertz CT molecular complexity index is 312. The Balaban J connectivity index is 1.30. The maximum Gasteiger partial charge on any atom is 0.0667 e. The molecular weight excluding hydrogens is 246 g/mol. The maximum absolute atomic E-state index is 10.3. The normalized spacial score (nSPS) is 45.1. The van der Waals surface area contributed by atoms with Crippen molar-refractivity contribution in [2.45, 2.75) is 82.3 Å². The highest BCUT2D eigenvalue weighted by Gasteiger charge is 2.50. The Morgan fingerprint density at radius 1 is 0.950 bits per heavy atom. The van der Waals surface area contributed by atoms with Gasteiger partial charge in [-0.25, -0.2) is 0 Å². The van der Waals surface area contributed by atoms with Gasteiger partial charge in [0.15, 0.2) is 0 Å². The van der Waals surface area contributed by atoms with Crippen molar-refractivity contribution in [1.82, 2.24) is 5.32 Å². The van der Waals surface area contributed by atoms with Gasteiger partial charge in [0, 0.05) is 12.1 Å². The number of nitrogens with one attached hydrogen (secondary N) is 1. The van der Waals surface area contributed by atoms with Gasteiger partial charge < -0.3 is 10.4 Å². The SMILES string of the molecule is OC(CNC12CC3CC(CC(C3)C1)C2)CC1CCCC1. The molecule has 0 amide bonds.